The zero-order valence-electron chi connectivity index (χ0n) is 13.4. The summed E-state index contributed by atoms with van der Waals surface area (Å²) in [5.41, 5.74) is 1.48. The van der Waals surface area contributed by atoms with Gasteiger partial charge in [0.1, 0.15) is 13.0 Å². The van der Waals surface area contributed by atoms with Gasteiger partial charge in [0.15, 0.2) is 5.82 Å². The Bertz CT molecular complexity index is 964. The van der Waals surface area contributed by atoms with Crippen LogP contribution in [0.2, 0.25) is 5.28 Å². The first kappa shape index (κ1) is 18.0. The Morgan fingerprint density at radius 3 is 2.56 bits per heavy atom. The minimum atomic E-state index is -2.58. The van der Waals surface area contributed by atoms with Gasteiger partial charge in [-0.05, 0) is 65.1 Å². The van der Waals surface area contributed by atoms with Gasteiger partial charge in [0.2, 0.25) is 5.28 Å². The van der Waals surface area contributed by atoms with Crippen molar-refractivity contribution in [3.05, 3.63) is 52.6 Å². The van der Waals surface area contributed by atoms with E-state index in [2.05, 4.69) is 41.2 Å². The molecule has 1 N–H and O–H groups in total. The molecule has 0 aliphatic carbocycles. The van der Waals surface area contributed by atoms with Gasteiger partial charge in [0.25, 0.3) is 0 Å². The first-order chi connectivity index (χ1) is 11.8. The molecule has 0 aliphatic rings. The van der Waals surface area contributed by atoms with E-state index in [-0.39, 0.29) is 5.28 Å². The summed E-state index contributed by atoms with van der Waals surface area (Å²) < 4.78 is 13.5. The van der Waals surface area contributed by atoms with Crippen LogP contribution in [0.25, 0.3) is 11.4 Å². The predicted molar refractivity (Wildman–Crippen MR) is 105 cm³/mol. The van der Waals surface area contributed by atoms with Gasteiger partial charge in [-0.1, -0.05) is 0 Å². The summed E-state index contributed by atoms with van der Waals surface area (Å²) >= 11 is 9.24. The van der Waals surface area contributed by atoms with Crippen LogP contribution in [0, 0.1) is 0 Å². The fourth-order valence-electron chi connectivity index (χ4n) is 2.23. The Kier molecular flexibility index (Phi) is 5.18. The predicted octanol–water partition coefficient (Wildman–Crippen LogP) is 4.34. The molecular formula is C16H14BrClN5OP. The fourth-order valence-corrected chi connectivity index (χ4v) is 3.82. The van der Waals surface area contributed by atoms with Crippen molar-refractivity contribution < 1.29 is 4.57 Å². The maximum absolute atomic E-state index is 12.8. The molecule has 3 aromatic rings. The molecule has 2 heterocycles. The van der Waals surface area contributed by atoms with Crippen LogP contribution in [0.3, 0.4) is 0 Å². The van der Waals surface area contributed by atoms with Crippen molar-refractivity contribution in [1.29, 1.82) is 0 Å². The molecule has 0 bridgehead atoms. The monoisotopic (exact) mass is 437 g/mol. The highest BCUT2D eigenvalue weighted by Crippen LogP contribution is 2.40. The molecule has 0 fully saturated rings. The van der Waals surface area contributed by atoms with Crippen molar-refractivity contribution in [3.63, 3.8) is 0 Å². The Balaban J connectivity index is 2.08. The lowest BCUT2D eigenvalue weighted by atomic mass is 10.2. The Morgan fingerprint density at radius 1 is 1.16 bits per heavy atom. The van der Waals surface area contributed by atoms with Gasteiger partial charge in [0.05, 0.1) is 10.2 Å². The molecular weight excluding hydrogens is 425 g/mol. The topological polar surface area (TPSA) is 80.7 Å². The van der Waals surface area contributed by atoms with Gasteiger partial charge in [0, 0.05) is 29.5 Å². The van der Waals surface area contributed by atoms with Crippen molar-refractivity contribution in [3.8, 4) is 11.4 Å². The van der Waals surface area contributed by atoms with E-state index in [0.29, 0.717) is 27.1 Å². The van der Waals surface area contributed by atoms with Crippen LogP contribution in [0.5, 0.6) is 0 Å². The molecule has 3 rings (SSSR count). The molecule has 0 unspecified atom stereocenters. The number of nitrogens with zero attached hydrogens (tertiary/aromatic N) is 4. The second kappa shape index (κ2) is 7.20. The fraction of sp³-hybridized carbons (Fsp3) is 0.125. The normalized spacial score (nSPS) is 11.4. The minimum absolute atomic E-state index is 0.123. The number of rotatable bonds is 4. The van der Waals surface area contributed by atoms with Crippen molar-refractivity contribution in [1.82, 2.24) is 19.9 Å². The Morgan fingerprint density at radius 2 is 1.88 bits per heavy atom. The van der Waals surface area contributed by atoms with Crippen molar-refractivity contribution >= 4 is 51.5 Å². The largest absolute Gasteiger partial charge is 0.339 e. The molecule has 0 spiro atoms. The van der Waals surface area contributed by atoms with Gasteiger partial charge < -0.3 is 9.88 Å². The summed E-state index contributed by atoms with van der Waals surface area (Å²) in [6.45, 7) is 3.43. The lowest BCUT2D eigenvalue weighted by Gasteiger charge is -2.16. The molecule has 6 nitrogen and oxygen atoms in total. The summed E-state index contributed by atoms with van der Waals surface area (Å²) in [6, 6.07) is 7.30. The maximum Gasteiger partial charge on any atom is 0.224 e. The third-order valence-corrected chi connectivity index (χ3v) is 5.66. The van der Waals surface area contributed by atoms with Gasteiger partial charge in [-0.15, -0.1) is 0 Å². The van der Waals surface area contributed by atoms with Crippen molar-refractivity contribution in [2.45, 2.75) is 0 Å². The number of anilines is 2. The van der Waals surface area contributed by atoms with Crippen LogP contribution in [-0.2, 0) is 4.57 Å². The minimum Gasteiger partial charge on any atom is -0.339 e. The first-order valence-corrected chi connectivity index (χ1v) is 11.0. The first-order valence-electron chi connectivity index (χ1n) is 7.26. The molecule has 0 atom stereocenters. The Hall–Kier alpha value is -1.82. The summed E-state index contributed by atoms with van der Waals surface area (Å²) in [5.74, 6) is 1.08. The zero-order valence-corrected chi connectivity index (χ0v) is 16.7. The molecule has 0 saturated heterocycles. The van der Waals surface area contributed by atoms with Gasteiger partial charge in [-0.25, -0.2) is 15.0 Å². The molecule has 9 heteroatoms. The molecule has 0 radical (unpaired) electrons. The molecule has 25 heavy (non-hydrogen) atoms. The highest BCUT2D eigenvalue weighted by Gasteiger charge is 2.19. The van der Waals surface area contributed by atoms with Crippen LogP contribution in [-0.4, -0.2) is 33.3 Å². The summed E-state index contributed by atoms with van der Waals surface area (Å²) in [7, 11) is -2.58. The van der Waals surface area contributed by atoms with E-state index in [9.17, 15) is 4.57 Å². The summed E-state index contributed by atoms with van der Waals surface area (Å²) in [5, 5.41) is 3.97. The summed E-state index contributed by atoms with van der Waals surface area (Å²) in [6.07, 6.45) is 4.90. The van der Waals surface area contributed by atoms with E-state index >= 15 is 0 Å². The van der Waals surface area contributed by atoms with Crippen molar-refractivity contribution in [2.75, 3.05) is 18.6 Å². The number of benzene rings is 1. The highest BCUT2D eigenvalue weighted by molar-refractivity contribution is 9.10. The number of halogens is 2. The molecule has 0 saturated carbocycles. The SMILES string of the molecule is CP(C)(=O)c1cc(-c2ncccn2)ccc1Nc1nc(Cl)ncc1Br. The Labute approximate surface area is 158 Å². The van der Waals surface area contributed by atoms with Gasteiger partial charge >= 0.3 is 0 Å². The van der Waals surface area contributed by atoms with Gasteiger partial charge in [-0.3, -0.25) is 0 Å². The van der Waals surface area contributed by atoms with Crippen LogP contribution in [0.1, 0.15) is 0 Å². The molecule has 0 amide bonds. The maximum atomic E-state index is 12.8. The summed E-state index contributed by atoms with van der Waals surface area (Å²) in [4.78, 5) is 16.5. The van der Waals surface area contributed by atoms with E-state index < -0.39 is 7.14 Å². The standard InChI is InChI=1S/C16H14BrClN5OP/c1-25(2,24)13-8-10(14-19-6-3-7-20-14)4-5-12(13)22-15-11(17)9-21-16(18)23-15/h3-9H,1-2H3,(H,21,22,23). The highest BCUT2D eigenvalue weighted by atomic mass is 79.9. The van der Waals surface area contributed by atoms with Crippen molar-refractivity contribution in [2.24, 2.45) is 0 Å². The lowest BCUT2D eigenvalue weighted by molar-refractivity contribution is 0.588. The third-order valence-electron chi connectivity index (χ3n) is 3.37. The average molecular weight is 439 g/mol. The quantitative estimate of drug-likeness (QED) is 0.482. The van der Waals surface area contributed by atoms with E-state index in [1.165, 1.54) is 0 Å². The number of aromatic nitrogens is 4. The smallest absolute Gasteiger partial charge is 0.224 e. The lowest BCUT2D eigenvalue weighted by Crippen LogP contribution is -2.11. The van der Waals surface area contributed by atoms with E-state index in [4.69, 9.17) is 11.6 Å². The average Bonchev–Trinajstić information content (AvgIpc) is 2.58. The molecule has 2 aromatic heterocycles. The van der Waals surface area contributed by atoms with E-state index in [1.54, 1.807) is 38.0 Å². The molecule has 128 valence electrons. The van der Waals surface area contributed by atoms with Crippen LogP contribution in [0.4, 0.5) is 11.5 Å². The number of nitrogens with one attached hydrogen (secondary N) is 1. The van der Waals surface area contributed by atoms with E-state index in [0.717, 1.165) is 5.56 Å². The van der Waals surface area contributed by atoms with Crippen LogP contribution < -0.4 is 10.6 Å². The second-order valence-electron chi connectivity index (χ2n) is 5.62. The number of hydrogen-bond donors (Lipinski definition) is 1. The van der Waals surface area contributed by atoms with Gasteiger partial charge in [-0.2, -0.15) is 4.98 Å². The zero-order chi connectivity index (χ0) is 18.0. The van der Waals surface area contributed by atoms with Crippen LogP contribution >= 0.6 is 34.7 Å². The molecule has 1 aromatic carbocycles. The molecule has 0 aliphatic heterocycles. The third kappa shape index (κ3) is 4.24. The second-order valence-corrected chi connectivity index (χ2v) is 9.99. The van der Waals surface area contributed by atoms with E-state index in [1.807, 2.05) is 18.2 Å². The van der Waals surface area contributed by atoms with Crippen LogP contribution in [0.15, 0.2) is 47.3 Å². The number of hydrogen-bond acceptors (Lipinski definition) is 6.